The Bertz CT molecular complexity index is 1490. The van der Waals surface area contributed by atoms with Crippen LogP contribution in [0.3, 0.4) is 0 Å². The van der Waals surface area contributed by atoms with E-state index in [1.807, 2.05) is 68.5 Å². The van der Waals surface area contributed by atoms with Crippen LogP contribution in [0.4, 0.5) is 0 Å². The highest BCUT2D eigenvalue weighted by atomic mass is 14.1. The van der Waals surface area contributed by atoms with Crippen LogP contribution in [-0.4, -0.2) is 0 Å². The lowest BCUT2D eigenvalue weighted by Crippen LogP contribution is -1.87. The van der Waals surface area contributed by atoms with E-state index in [2.05, 4.69) is 130 Å². The summed E-state index contributed by atoms with van der Waals surface area (Å²) in [5, 5.41) is 0. The summed E-state index contributed by atoms with van der Waals surface area (Å²) in [5.41, 5.74) is 13.8. The summed E-state index contributed by atoms with van der Waals surface area (Å²) in [7, 11) is 0. The van der Waals surface area contributed by atoms with Gasteiger partial charge in [-0.15, -0.1) is 0 Å². The Labute approximate surface area is 265 Å². The van der Waals surface area contributed by atoms with Crippen molar-refractivity contribution in [3.05, 3.63) is 182 Å². The number of rotatable bonds is 9. The molecule has 0 radical (unpaired) electrons. The summed E-state index contributed by atoms with van der Waals surface area (Å²) < 4.78 is 0. The van der Waals surface area contributed by atoms with E-state index in [9.17, 15) is 0 Å². The molecule has 0 atom stereocenters. The lowest BCUT2D eigenvalue weighted by molar-refractivity contribution is 1.50. The van der Waals surface area contributed by atoms with Gasteiger partial charge in [0.15, 0.2) is 0 Å². The van der Waals surface area contributed by atoms with Crippen LogP contribution in [-0.2, 0) is 0 Å². The molecule has 0 saturated heterocycles. The molecular weight excluding hydrogens is 528 g/mol. The lowest BCUT2D eigenvalue weighted by atomic mass is 9.92. The highest BCUT2D eigenvalue weighted by molar-refractivity contribution is 5.82. The number of benzene rings is 5. The molecule has 5 rings (SSSR count). The first-order valence-corrected chi connectivity index (χ1v) is 14.9. The Hall–Kier alpha value is -5.46. The van der Waals surface area contributed by atoms with Gasteiger partial charge in [-0.2, -0.15) is 0 Å². The summed E-state index contributed by atoms with van der Waals surface area (Å²) in [6, 6.07) is 38.4. The van der Waals surface area contributed by atoms with Crippen molar-refractivity contribution in [3.63, 3.8) is 0 Å². The van der Waals surface area contributed by atoms with Crippen LogP contribution in [0.2, 0.25) is 0 Å². The third-order valence-corrected chi connectivity index (χ3v) is 7.08. The van der Waals surface area contributed by atoms with E-state index in [1.165, 1.54) is 33.4 Å². The van der Waals surface area contributed by atoms with Crippen molar-refractivity contribution >= 4 is 36.5 Å². The van der Waals surface area contributed by atoms with Crippen molar-refractivity contribution in [2.75, 3.05) is 0 Å². The molecule has 0 aliphatic heterocycles. The molecule has 0 aliphatic rings. The second-order valence-electron chi connectivity index (χ2n) is 9.82. The maximum atomic E-state index is 3.86. The zero-order chi connectivity index (χ0) is 31.9. The van der Waals surface area contributed by atoms with Crippen molar-refractivity contribution in [1.82, 2.24) is 0 Å². The molecule has 0 N–H and O–H groups in total. The second-order valence-corrected chi connectivity index (χ2v) is 9.82. The average Bonchev–Trinajstić information content (AvgIpc) is 3.12. The Morgan fingerprint density at radius 3 is 0.659 bits per heavy atom. The first-order valence-electron chi connectivity index (χ1n) is 14.9. The first kappa shape index (κ1) is 33.0. The van der Waals surface area contributed by atoms with E-state index < -0.39 is 0 Å². The summed E-state index contributed by atoms with van der Waals surface area (Å²) in [6.07, 6.45) is 11.1. The minimum absolute atomic E-state index is 1.10. The van der Waals surface area contributed by atoms with E-state index in [0.717, 1.165) is 33.4 Å². The van der Waals surface area contributed by atoms with Crippen LogP contribution >= 0.6 is 0 Å². The summed E-state index contributed by atoms with van der Waals surface area (Å²) in [6.45, 7) is 26.7. The van der Waals surface area contributed by atoms with Crippen LogP contribution in [0, 0.1) is 0 Å². The molecular formula is C44H42. The van der Waals surface area contributed by atoms with Gasteiger partial charge < -0.3 is 0 Å². The molecule has 0 bridgehead atoms. The fraction of sp³-hybridized carbons (Fsp3) is 0.0455. The molecule has 0 heteroatoms. The van der Waals surface area contributed by atoms with Crippen LogP contribution in [0.5, 0.6) is 0 Å². The molecule has 0 unspecified atom stereocenters. The van der Waals surface area contributed by atoms with Crippen LogP contribution in [0.1, 0.15) is 47.2 Å². The molecule has 0 heterocycles. The summed E-state index contributed by atoms with van der Waals surface area (Å²) in [5.74, 6) is 0. The van der Waals surface area contributed by atoms with E-state index >= 15 is 0 Å². The molecule has 0 fully saturated rings. The molecule has 0 aromatic heterocycles. The molecule has 0 aliphatic carbocycles. The topological polar surface area (TPSA) is 0 Å². The minimum atomic E-state index is 1.10. The highest BCUT2D eigenvalue weighted by Crippen LogP contribution is 2.33. The van der Waals surface area contributed by atoms with Gasteiger partial charge in [-0.05, 0) is 103 Å². The Kier molecular flexibility index (Phi) is 12.7. The molecule has 218 valence electrons. The smallest absolute Gasteiger partial charge is 0.0172 e. The Morgan fingerprint density at radius 2 is 0.477 bits per heavy atom. The maximum absolute atomic E-state index is 3.86. The Balaban J connectivity index is 0.000000317. The molecule has 0 saturated carbocycles. The molecule has 5 aromatic carbocycles. The zero-order valence-electron chi connectivity index (χ0n) is 26.1. The van der Waals surface area contributed by atoms with Crippen molar-refractivity contribution in [3.8, 4) is 33.4 Å². The predicted molar refractivity (Wildman–Crippen MR) is 201 cm³/mol. The van der Waals surface area contributed by atoms with Gasteiger partial charge in [-0.25, -0.2) is 0 Å². The molecule has 44 heavy (non-hydrogen) atoms. The standard InChI is InChI=1S/C30H24.C12H12.C2H6/c1-4-22-7-13-25(14-8-22)28-19-29(26-15-9-23(5-2)10-16-26)21-30(20-28)27-17-11-24(6-3)12-18-27;1-4-10-7-11(5-2)9-12(6-3)8-10;1-2/h4-21H,1-3H2;4-9H,1-3H2;1-2H3. The van der Waals surface area contributed by atoms with Crippen molar-refractivity contribution in [1.29, 1.82) is 0 Å². The summed E-state index contributed by atoms with van der Waals surface area (Å²) >= 11 is 0. The van der Waals surface area contributed by atoms with Crippen molar-refractivity contribution in [2.24, 2.45) is 0 Å². The van der Waals surface area contributed by atoms with E-state index in [0.29, 0.717) is 0 Å². The number of hydrogen-bond acceptors (Lipinski definition) is 0. The van der Waals surface area contributed by atoms with Gasteiger partial charge in [-0.3, -0.25) is 0 Å². The predicted octanol–water partition coefficient (Wildman–Crippen LogP) is 13.3. The minimum Gasteiger partial charge on any atom is -0.0985 e. The third-order valence-electron chi connectivity index (χ3n) is 7.08. The summed E-state index contributed by atoms with van der Waals surface area (Å²) in [4.78, 5) is 0. The fourth-order valence-electron chi connectivity index (χ4n) is 4.62. The molecule has 0 nitrogen and oxygen atoms in total. The molecule has 0 amide bonds. The van der Waals surface area contributed by atoms with Crippen LogP contribution in [0.15, 0.2) is 149 Å². The monoisotopic (exact) mass is 570 g/mol. The van der Waals surface area contributed by atoms with Crippen molar-refractivity contribution < 1.29 is 0 Å². The first-order chi connectivity index (χ1) is 21.5. The zero-order valence-corrected chi connectivity index (χ0v) is 26.1. The van der Waals surface area contributed by atoms with Crippen LogP contribution < -0.4 is 0 Å². The third kappa shape index (κ3) is 8.77. The number of hydrogen-bond donors (Lipinski definition) is 0. The van der Waals surface area contributed by atoms with Gasteiger partial charge >= 0.3 is 0 Å². The fourth-order valence-corrected chi connectivity index (χ4v) is 4.62. The lowest BCUT2D eigenvalue weighted by Gasteiger charge is -2.12. The van der Waals surface area contributed by atoms with Gasteiger partial charge in [0.2, 0.25) is 0 Å². The normalized spacial score (nSPS) is 9.68. The largest absolute Gasteiger partial charge is 0.0985 e. The average molecular weight is 571 g/mol. The van der Waals surface area contributed by atoms with Gasteiger partial charge in [0.1, 0.15) is 0 Å². The van der Waals surface area contributed by atoms with Gasteiger partial charge in [-0.1, -0.05) is 163 Å². The van der Waals surface area contributed by atoms with E-state index in [1.54, 1.807) is 0 Å². The Morgan fingerprint density at radius 1 is 0.273 bits per heavy atom. The van der Waals surface area contributed by atoms with E-state index in [4.69, 9.17) is 0 Å². The molecule has 0 spiro atoms. The molecule has 5 aromatic rings. The quantitative estimate of drug-likeness (QED) is 0.165. The van der Waals surface area contributed by atoms with Gasteiger partial charge in [0.25, 0.3) is 0 Å². The van der Waals surface area contributed by atoms with Gasteiger partial charge in [0, 0.05) is 0 Å². The highest BCUT2D eigenvalue weighted by Gasteiger charge is 2.08. The SMILES string of the molecule is C=Cc1cc(C=C)cc(C=C)c1.C=Cc1ccc(-c2cc(-c3ccc(C=C)cc3)cc(-c3ccc(C=C)cc3)c2)cc1.CC. The van der Waals surface area contributed by atoms with Crippen LogP contribution in [0.25, 0.3) is 69.8 Å². The van der Waals surface area contributed by atoms with Crippen molar-refractivity contribution in [2.45, 2.75) is 13.8 Å². The van der Waals surface area contributed by atoms with Gasteiger partial charge in [0.05, 0.1) is 0 Å². The maximum Gasteiger partial charge on any atom is -0.0172 e. The second kappa shape index (κ2) is 16.9. The van der Waals surface area contributed by atoms with E-state index in [-0.39, 0.29) is 0 Å².